The van der Waals surface area contributed by atoms with Crippen molar-refractivity contribution < 1.29 is 30.6 Å². The molecule has 0 aromatic carbocycles. The van der Waals surface area contributed by atoms with Crippen LogP contribution in [0.2, 0.25) is 0 Å². The molecule has 0 radical (unpaired) electrons. The predicted molar refractivity (Wildman–Crippen MR) is 50.8 cm³/mol. The summed E-state index contributed by atoms with van der Waals surface area (Å²) in [6, 6.07) is 0. The average Bonchev–Trinajstić information content (AvgIpc) is 2.07. The number of carbonyl (C=O) groups is 1. The zero-order valence-electron chi connectivity index (χ0n) is 9.16. The van der Waals surface area contributed by atoms with Crippen molar-refractivity contribution in [3.8, 4) is 0 Å². The van der Waals surface area contributed by atoms with E-state index in [1.807, 2.05) is 32.8 Å². The van der Waals surface area contributed by atoms with E-state index in [-0.39, 0.29) is 27.0 Å². The molecule has 0 amide bonds. The van der Waals surface area contributed by atoms with Gasteiger partial charge in [0.2, 0.25) is 0 Å². The summed E-state index contributed by atoms with van der Waals surface area (Å²) in [7, 11) is 5.31. The number of ether oxygens (including phenoxy) is 1. The van der Waals surface area contributed by atoms with Crippen LogP contribution in [-0.2, 0) is 30.6 Å². The Hall–Kier alpha value is -0.0117. The summed E-state index contributed by atoms with van der Waals surface area (Å²) in [5.41, 5.74) is 0. The Morgan fingerprint density at radius 3 is 2.15 bits per heavy atom. The van der Waals surface area contributed by atoms with Crippen LogP contribution >= 0.6 is 0 Å². The summed E-state index contributed by atoms with van der Waals surface area (Å²) in [6.07, 6.45) is 2.29. The molecule has 80 valence electrons. The van der Waals surface area contributed by atoms with E-state index in [2.05, 4.69) is 4.74 Å². The third-order valence-corrected chi connectivity index (χ3v) is 1.09. The van der Waals surface area contributed by atoms with Crippen molar-refractivity contribution in [3.63, 3.8) is 0 Å². The Bertz CT molecular complexity index is 108. The van der Waals surface area contributed by atoms with Crippen LogP contribution in [0.4, 0.5) is 0 Å². The summed E-state index contributed by atoms with van der Waals surface area (Å²) in [5, 5.41) is 0. The molecule has 0 aliphatic carbocycles. The second-order valence-corrected chi connectivity index (χ2v) is 2.32. The Morgan fingerprint density at radius 2 is 1.85 bits per heavy atom. The van der Waals surface area contributed by atoms with E-state index in [0.717, 1.165) is 13.0 Å². The van der Waals surface area contributed by atoms with E-state index in [1.165, 1.54) is 7.11 Å². The first-order valence-corrected chi connectivity index (χ1v) is 4.22. The van der Waals surface area contributed by atoms with Gasteiger partial charge in [0, 0.05) is 21.1 Å². The van der Waals surface area contributed by atoms with Crippen LogP contribution in [0.25, 0.3) is 0 Å². The first-order chi connectivity index (χ1) is 5.66. The first-order valence-electron chi connectivity index (χ1n) is 4.22. The third-order valence-electron chi connectivity index (χ3n) is 1.09. The average molecular weight is 358 g/mol. The van der Waals surface area contributed by atoms with E-state index in [0.29, 0.717) is 0 Å². The van der Waals surface area contributed by atoms with E-state index in [9.17, 15) is 4.79 Å². The molecule has 0 aliphatic heterocycles. The number of hydrogen-bond donors (Lipinski definition) is 0. The molecule has 0 fully saturated rings. The van der Waals surface area contributed by atoms with Crippen LogP contribution in [0.3, 0.4) is 0 Å². The zero-order valence-corrected chi connectivity index (χ0v) is 12.1. The number of hydrogen-bond acceptors (Lipinski definition) is 3. The van der Waals surface area contributed by atoms with Gasteiger partial charge in [0.25, 0.3) is 0 Å². The van der Waals surface area contributed by atoms with Crippen molar-refractivity contribution in [2.75, 3.05) is 27.7 Å². The molecule has 0 bridgehead atoms. The molecule has 0 heterocycles. The molecule has 0 unspecified atom stereocenters. The summed E-state index contributed by atoms with van der Waals surface area (Å²) < 4.78 is 4.42. The molecule has 4 heteroatoms. The Balaban J connectivity index is -0.000000309. The predicted octanol–water partition coefficient (Wildman–Crippen LogP) is 1.34. The van der Waals surface area contributed by atoms with Crippen LogP contribution < -0.4 is 0 Å². The molecule has 0 saturated carbocycles. The van der Waals surface area contributed by atoms with Crippen molar-refractivity contribution in [1.29, 1.82) is 0 Å². The number of rotatable bonds is 4. The van der Waals surface area contributed by atoms with Gasteiger partial charge in [-0.05, 0) is 20.6 Å². The van der Waals surface area contributed by atoms with Gasteiger partial charge >= 0.3 is 0 Å². The normalized spacial score (nSPS) is 7.85. The largest absolute Gasteiger partial charge is 0.491 e. The maximum Gasteiger partial charge on any atom is 0.166 e. The fourth-order valence-electron chi connectivity index (χ4n) is 0.524. The smallest absolute Gasteiger partial charge is 0.166 e. The second kappa shape index (κ2) is 14.5. The molecular weight excluding hydrogens is 338 g/mol. The van der Waals surface area contributed by atoms with Crippen molar-refractivity contribution in [3.05, 3.63) is 6.42 Å². The Morgan fingerprint density at radius 1 is 1.38 bits per heavy atom. The van der Waals surface area contributed by atoms with Crippen molar-refractivity contribution in [2.24, 2.45) is 0 Å². The summed E-state index contributed by atoms with van der Waals surface area (Å²) >= 11 is 0. The van der Waals surface area contributed by atoms with Gasteiger partial charge < -0.3 is 9.64 Å². The van der Waals surface area contributed by atoms with Crippen LogP contribution in [0.15, 0.2) is 0 Å². The van der Waals surface area contributed by atoms with Crippen molar-refractivity contribution in [1.82, 2.24) is 4.90 Å². The summed E-state index contributed by atoms with van der Waals surface area (Å²) in [4.78, 5) is 12.5. The van der Waals surface area contributed by atoms with Crippen molar-refractivity contribution >= 4 is 5.97 Å². The van der Waals surface area contributed by atoms with E-state index in [1.54, 1.807) is 6.42 Å². The molecule has 0 saturated heterocycles. The molecule has 3 nitrogen and oxygen atoms in total. The minimum atomic E-state index is -0.248. The van der Waals surface area contributed by atoms with Gasteiger partial charge in [-0.2, -0.15) is 0 Å². The molecule has 0 aromatic rings. The number of nitrogens with zero attached hydrogens (tertiary/aromatic N) is 1. The van der Waals surface area contributed by atoms with Gasteiger partial charge in [-0.25, -0.2) is 0 Å². The van der Waals surface area contributed by atoms with Crippen LogP contribution in [0.5, 0.6) is 0 Å². The monoisotopic (exact) mass is 358 g/mol. The van der Waals surface area contributed by atoms with Gasteiger partial charge in [-0.3, -0.25) is 11.2 Å². The summed E-state index contributed by atoms with van der Waals surface area (Å²) in [5.74, 6) is -0.248. The van der Waals surface area contributed by atoms with E-state index >= 15 is 0 Å². The molecule has 0 aliphatic rings. The van der Waals surface area contributed by atoms with Crippen LogP contribution in [-0.4, -0.2) is 38.6 Å². The number of carbonyl (C=O) groups excluding carboxylic acids is 1. The second-order valence-electron chi connectivity index (χ2n) is 2.32. The Labute approximate surface area is 96.1 Å². The minimum Gasteiger partial charge on any atom is -0.491 e. The van der Waals surface area contributed by atoms with Gasteiger partial charge in [0.15, 0.2) is 5.97 Å². The number of esters is 1. The minimum absolute atomic E-state index is 0. The topological polar surface area (TPSA) is 29.5 Å². The molecule has 0 atom stereocenters. The maximum atomic E-state index is 10.5. The van der Waals surface area contributed by atoms with E-state index in [4.69, 9.17) is 0 Å². The maximum absolute atomic E-state index is 10.5. The van der Waals surface area contributed by atoms with Crippen molar-refractivity contribution in [2.45, 2.75) is 20.3 Å². The molecule has 13 heavy (non-hydrogen) atoms. The fourth-order valence-corrected chi connectivity index (χ4v) is 0.524. The Kier molecular flexibility index (Phi) is 20.9. The SMILES string of the molecule is CC.COC(=O)[CH-]CCN(C)C.[W]. The van der Waals surface area contributed by atoms with Gasteiger partial charge in [0.1, 0.15) is 0 Å². The summed E-state index contributed by atoms with van der Waals surface area (Å²) in [6.45, 7) is 4.88. The van der Waals surface area contributed by atoms with E-state index < -0.39 is 0 Å². The molecular formula is C9H20NO2W-. The quantitative estimate of drug-likeness (QED) is 0.561. The molecule has 0 aromatic heterocycles. The third kappa shape index (κ3) is 18.7. The standard InChI is InChI=1S/C7H14NO2.C2H6.W/c1-8(2)6-4-5-7(9)10-3;1-2;/h5H,4,6H2,1-3H3;1-2H3;/q-1;;. The van der Waals surface area contributed by atoms with Crippen LogP contribution in [0, 0.1) is 6.42 Å². The number of methoxy groups -OCH3 is 1. The van der Waals surface area contributed by atoms with Gasteiger partial charge in [-0.15, -0.1) is 6.42 Å². The van der Waals surface area contributed by atoms with Crippen LogP contribution in [0.1, 0.15) is 20.3 Å². The fraction of sp³-hybridized carbons (Fsp3) is 0.778. The van der Waals surface area contributed by atoms with Gasteiger partial charge in [0.05, 0.1) is 7.11 Å². The zero-order chi connectivity index (χ0) is 9.98. The molecule has 0 spiro atoms. The first kappa shape index (κ1) is 18.7. The molecule has 0 N–H and O–H groups in total. The van der Waals surface area contributed by atoms with Gasteiger partial charge in [-0.1, -0.05) is 13.8 Å². The molecule has 0 rings (SSSR count).